The smallest absolute Gasteiger partial charge is 0.242 e. The van der Waals surface area contributed by atoms with Gasteiger partial charge >= 0.3 is 0 Å². The Morgan fingerprint density at radius 1 is 1.05 bits per heavy atom. The normalized spacial score (nSPS) is 11.9. The average molecular weight is 266 g/mol. The lowest BCUT2D eigenvalue weighted by atomic mass is 10.2. The molecule has 1 aromatic carbocycles. The van der Waals surface area contributed by atoms with E-state index in [1.54, 1.807) is 20.3 Å². The minimum Gasteiger partial charge on any atom is -0.497 e. The summed E-state index contributed by atoms with van der Waals surface area (Å²) >= 11 is 0. The number of hydrogen-bond donors (Lipinski definition) is 2. The fourth-order valence-corrected chi connectivity index (χ4v) is 1.62. The highest BCUT2D eigenvalue weighted by Gasteiger charge is 2.14. The van der Waals surface area contributed by atoms with Gasteiger partial charge in [-0.1, -0.05) is 0 Å². The van der Waals surface area contributed by atoms with Crippen molar-refractivity contribution in [3.8, 4) is 11.5 Å². The molecule has 0 saturated carbocycles. The molecule has 1 atom stereocenters. The predicted octanol–water partition coefficient (Wildman–Crippen LogP) is 2.03. The number of benzene rings is 1. The second-order valence-corrected chi connectivity index (χ2v) is 4.63. The van der Waals surface area contributed by atoms with Crippen molar-refractivity contribution in [3.05, 3.63) is 18.2 Å². The molecule has 1 unspecified atom stereocenters. The van der Waals surface area contributed by atoms with Crippen LogP contribution < -0.4 is 20.1 Å². The van der Waals surface area contributed by atoms with Crippen LogP contribution in [0.4, 0.5) is 5.69 Å². The van der Waals surface area contributed by atoms with Crippen molar-refractivity contribution in [2.24, 2.45) is 0 Å². The standard InChI is InChI=1S/C14H22N2O3/c1-9(2)15-14(17)10(3)16-11-6-12(18-4)8-13(7-11)19-5/h6-10,16H,1-5H3,(H,15,17). The number of carbonyl (C=O) groups is 1. The molecule has 19 heavy (non-hydrogen) atoms. The van der Waals surface area contributed by atoms with Gasteiger partial charge in [-0.15, -0.1) is 0 Å². The van der Waals surface area contributed by atoms with E-state index in [1.807, 2.05) is 32.9 Å². The Balaban J connectivity index is 2.78. The fraction of sp³-hybridized carbons (Fsp3) is 0.500. The number of hydrogen-bond acceptors (Lipinski definition) is 4. The van der Waals surface area contributed by atoms with E-state index in [0.29, 0.717) is 11.5 Å². The molecule has 0 radical (unpaired) electrons. The molecular formula is C14H22N2O3. The van der Waals surface area contributed by atoms with Crippen LogP contribution in [-0.2, 0) is 4.79 Å². The number of methoxy groups -OCH3 is 2. The molecular weight excluding hydrogens is 244 g/mol. The zero-order chi connectivity index (χ0) is 14.4. The van der Waals surface area contributed by atoms with Crippen LogP contribution in [0.1, 0.15) is 20.8 Å². The molecule has 2 N–H and O–H groups in total. The van der Waals surface area contributed by atoms with Crippen LogP contribution in [0, 0.1) is 0 Å². The third kappa shape index (κ3) is 4.69. The zero-order valence-corrected chi connectivity index (χ0v) is 12.1. The average Bonchev–Trinajstić information content (AvgIpc) is 2.37. The van der Waals surface area contributed by atoms with Crippen molar-refractivity contribution in [1.29, 1.82) is 0 Å². The molecule has 0 fully saturated rings. The van der Waals surface area contributed by atoms with Crippen molar-refractivity contribution in [2.75, 3.05) is 19.5 Å². The van der Waals surface area contributed by atoms with E-state index in [2.05, 4.69) is 10.6 Å². The van der Waals surface area contributed by atoms with Crippen molar-refractivity contribution in [1.82, 2.24) is 5.32 Å². The summed E-state index contributed by atoms with van der Waals surface area (Å²) in [6, 6.07) is 5.21. The topological polar surface area (TPSA) is 59.6 Å². The zero-order valence-electron chi connectivity index (χ0n) is 12.1. The highest BCUT2D eigenvalue weighted by Crippen LogP contribution is 2.26. The summed E-state index contributed by atoms with van der Waals surface area (Å²) in [7, 11) is 3.18. The molecule has 0 aliphatic heterocycles. The van der Waals surface area contributed by atoms with Gasteiger partial charge < -0.3 is 20.1 Å². The quantitative estimate of drug-likeness (QED) is 0.827. The summed E-state index contributed by atoms with van der Waals surface area (Å²) in [4.78, 5) is 11.8. The van der Waals surface area contributed by atoms with Crippen LogP contribution in [0.15, 0.2) is 18.2 Å². The third-order valence-corrected chi connectivity index (χ3v) is 2.56. The number of ether oxygens (including phenoxy) is 2. The van der Waals surface area contributed by atoms with Crippen LogP contribution >= 0.6 is 0 Å². The number of anilines is 1. The summed E-state index contributed by atoms with van der Waals surface area (Å²) in [6.45, 7) is 5.67. The number of rotatable bonds is 6. The molecule has 1 amide bonds. The Morgan fingerprint density at radius 2 is 1.58 bits per heavy atom. The Kier molecular flexibility index (Phi) is 5.48. The van der Waals surface area contributed by atoms with Crippen molar-refractivity contribution >= 4 is 11.6 Å². The highest BCUT2D eigenvalue weighted by atomic mass is 16.5. The first-order valence-corrected chi connectivity index (χ1v) is 6.26. The van der Waals surface area contributed by atoms with E-state index in [1.165, 1.54) is 0 Å². The molecule has 0 spiro atoms. The van der Waals surface area contributed by atoms with Gasteiger partial charge in [0.2, 0.25) is 5.91 Å². The summed E-state index contributed by atoms with van der Waals surface area (Å²) in [5.41, 5.74) is 0.780. The lowest BCUT2D eigenvalue weighted by Gasteiger charge is -2.18. The minimum atomic E-state index is -0.334. The lowest BCUT2D eigenvalue weighted by Crippen LogP contribution is -2.40. The molecule has 5 nitrogen and oxygen atoms in total. The second-order valence-electron chi connectivity index (χ2n) is 4.63. The number of amides is 1. The van der Waals surface area contributed by atoms with Gasteiger partial charge in [0.25, 0.3) is 0 Å². The third-order valence-electron chi connectivity index (χ3n) is 2.56. The molecule has 1 rings (SSSR count). The van der Waals surface area contributed by atoms with Crippen LogP contribution in [0.25, 0.3) is 0 Å². The van der Waals surface area contributed by atoms with Crippen LogP contribution in [0.3, 0.4) is 0 Å². The monoisotopic (exact) mass is 266 g/mol. The maximum atomic E-state index is 11.8. The Hall–Kier alpha value is -1.91. The second kappa shape index (κ2) is 6.87. The van der Waals surface area contributed by atoms with Gasteiger partial charge in [-0.05, 0) is 20.8 Å². The van der Waals surface area contributed by atoms with Crippen molar-refractivity contribution < 1.29 is 14.3 Å². The van der Waals surface area contributed by atoms with Gasteiger partial charge in [0.05, 0.1) is 14.2 Å². The van der Waals surface area contributed by atoms with Gasteiger partial charge in [-0.3, -0.25) is 4.79 Å². The van der Waals surface area contributed by atoms with Crippen LogP contribution in [-0.4, -0.2) is 32.2 Å². The van der Waals surface area contributed by atoms with E-state index in [-0.39, 0.29) is 18.0 Å². The minimum absolute atomic E-state index is 0.0446. The summed E-state index contributed by atoms with van der Waals surface area (Å²) in [5, 5.41) is 5.98. The maximum Gasteiger partial charge on any atom is 0.242 e. The summed E-state index contributed by atoms with van der Waals surface area (Å²) in [5.74, 6) is 1.31. The molecule has 0 aliphatic rings. The van der Waals surface area contributed by atoms with Gasteiger partial charge in [0.1, 0.15) is 17.5 Å². The molecule has 0 aliphatic carbocycles. The van der Waals surface area contributed by atoms with Crippen LogP contribution in [0.2, 0.25) is 0 Å². The SMILES string of the molecule is COc1cc(NC(C)C(=O)NC(C)C)cc(OC)c1. The summed E-state index contributed by atoms with van der Waals surface area (Å²) < 4.78 is 10.4. The van der Waals surface area contributed by atoms with E-state index >= 15 is 0 Å². The van der Waals surface area contributed by atoms with Crippen molar-refractivity contribution in [3.63, 3.8) is 0 Å². The molecule has 106 valence electrons. The highest BCUT2D eigenvalue weighted by molar-refractivity contribution is 5.84. The Bertz CT molecular complexity index is 410. The molecule has 0 heterocycles. The first-order chi connectivity index (χ1) is 8.96. The van der Waals surface area contributed by atoms with E-state index in [0.717, 1.165) is 5.69 Å². The molecule has 0 bridgehead atoms. The lowest BCUT2D eigenvalue weighted by molar-refractivity contribution is -0.122. The first kappa shape index (κ1) is 15.1. The van der Waals surface area contributed by atoms with E-state index in [4.69, 9.17) is 9.47 Å². The van der Waals surface area contributed by atoms with E-state index < -0.39 is 0 Å². The molecule has 0 aromatic heterocycles. The first-order valence-electron chi connectivity index (χ1n) is 6.26. The van der Waals surface area contributed by atoms with Crippen LogP contribution in [0.5, 0.6) is 11.5 Å². The van der Waals surface area contributed by atoms with Gasteiger partial charge in [-0.25, -0.2) is 0 Å². The van der Waals surface area contributed by atoms with E-state index in [9.17, 15) is 4.79 Å². The van der Waals surface area contributed by atoms with Gasteiger partial charge in [0, 0.05) is 29.9 Å². The number of nitrogens with one attached hydrogen (secondary N) is 2. The van der Waals surface area contributed by atoms with Gasteiger partial charge in [-0.2, -0.15) is 0 Å². The largest absolute Gasteiger partial charge is 0.497 e. The van der Waals surface area contributed by atoms with Crippen molar-refractivity contribution in [2.45, 2.75) is 32.9 Å². The molecule has 5 heteroatoms. The Morgan fingerprint density at radius 3 is 2.00 bits per heavy atom. The number of carbonyl (C=O) groups excluding carboxylic acids is 1. The van der Waals surface area contributed by atoms with Gasteiger partial charge in [0.15, 0.2) is 0 Å². The Labute approximate surface area is 114 Å². The fourth-order valence-electron chi connectivity index (χ4n) is 1.62. The predicted molar refractivity (Wildman–Crippen MR) is 75.9 cm³/mol. The molecule has 1 aromatic rings. The maximum absolute atomic E-state index is 11.8. The molecule has 0 saturated heterocycles. The summed E-state index contributed by atoms with van der Waals surface area (Å²) in [6.07, 6.45) is 0.